The Hall–Kier alpha value is -0.880. The van der Waals surface area contributed by atoms with Gasteiger partial charge in [-0.2, -0.15) is 5.26 Å². The molecule has 1 aliphatic rings. The summed E-state index contributed by atoms with van der Waals surface area (Å²) in [4.78, 5) is 0. The summed E-state index contributed by atoms with van der Waals surface area (Å²) in [6.45, 7) is 6.95. The highest BCUT2D eigenvalue weighted by atomic mass is 32.2. The van der Waals surface area contributed by atoms with Gasteiger partial charge < -0.3 is 4.42 Å². The Labute approximate surface area is 120 Å². The van der Waals surface area contributed by atoms with E-state index in [9.17, 15) is 5.26 Å². The van der Waals surface area contributed by atoms with Gasteiger partial charge in [0.25, 0.3) is 0 Å². The van der Waals surface area contributed by atoms with Crippen LogP contribution in [-0.4, -0.2) is 5.25 Å². The van der Waals surface area contributed by atoms with Crippen LogP contribution in [0.4, 0.5) is 0 Å². The van der Waals surface area contributed by atoms with Crippen molar-refractivity contribution in [3.8, 4) is 6.07 Å². The molecule has 0 radical (unpaired) electrons. The molecule has 3 heteroatoms. The largest absolute Gasteiger partial charge is 0.468 e. The summed E-state index contributed by atoms with van der Waals surface area (Å²) in [6.07, 6.45) is 5.12. The van der Waals surface area contributed by atoms with Crippen molar-refractivity contribution in [2.75, 3.05) is 0 Å². The third-order valence-electron chi connectivity index (χ3n) is 4.20. The van der Waals surface area contributed by atoms with Crippen molar-refractivity contribution in [3.05, 3.63) is 24.2 Å². The van der Waals surface area contributed by atoms with Crippen molar-refractivity contribution in [2.45, 2.75) is 51.0 Å². The minimum absolute atomic E-state index is 0.207. The number of hydrogen-bond donors (Lipinski definition) is 0. The molecule has 0 bridgehead atoms. The third kappa shape index (κ3) is 3.79. The molecule has 0 amide bonds. The van der Waals surface area contributed by atoms with Crippen molar-refractivity contribution >= 4 is 11.8 Å². The lowest BCUT2D eigenvalue weighted by Gasteiger charge is -2.39. The van der Waals surface area contributed by atoms with Gasteiger partial charge in [0.2, 0.25) is 0 Å². The number of furan rings is 1. The van der Waals surface area contributed by atoms with Crippen molar-refractivity contribution < 1.29 is 4.42 Å². The molecule has 2 rings (SSSR count). The van der Waals surface area contributed by atoms with Crippen LogP contribution in [0.3, 0.4) is 0 Å². The molecule has 3 unspecified atom stereocenters. The van der Waals surface area contributed by atoms with Gasteiger partial charge in [0.1, 0.15) is 5.76 Å². The van der Waals surface area contributed by atoms with Crippen molar-refractivity contribution in [3.63, 3.8) is 0 Å². The highest BCUT2D eigenvalue weighted by Crippen LogP contribution is 2.44. The second-order valence-electron chi connectivity index (χ2n) is 6.54. The van der Waals surface area contributed by atoms with Crippen LogP contribution in [0.5, 0.6) is 0 Å². The normalized spacial score (nSPS) is 28.0. The van der Waals surface area contributed by atoms with Crippen LogP contribution in [-0.2, 0) is 5.75 Å². The van der Waals surface area contributed by atoms with Gasteiger partial charge >= 0.3 is 0 Å². The van der Waals surface area contributed by atoms with Crippen molar-refractivity contribution in [1.82, 2.24) is 0 Å². The monoisotopic (exact) mass is 277 g/mol. The molecule has 1 saturated carbocycles. The fourth-order valence-corrected chi connectivity index (χ4v) is 4.17. The summed E-state index contributed by atoms with van der Waals surface area (Å²) in [5, 5.41) is 9.77. The van der Waals surface area contributed by atoms with E-state index in [-0.39, 0.29) is 5.92 Å². The Balaban J connectivity index is 1.96. The molecule has 104 valence electrons. The van der Waals surface area contributed by atoms with E-state index in [2.05, 4.69) is 26.8 Å². The number of nitrogens with zero attached hydrogens (tertiary/aromatic N) is 1. The van der Waals surface area contributed by atoms with Gasteiger partial charge in [-0.25, -0.2) is 0 Å². The van der Waals surface area contributed by atoms with Gasteiger partial charge in [-0.15, -0.1) is 11.8 Å². The van der Waals surface area contributed by atoms with E-state index >= 15 is 0 Å². The summed E-state index contributed by atoms with van der Waals surface area (Å²) >= 11 is 1.89. The summed E-state index contributed by atoms with van der Waals surface area (Å²) in [6, 6.07) is 6.44. The van der Waals surface area contributed by atoms with E-state index in [0.29, 0.717) is 10.7 Å². The predicted octanol–water partition coefficient (Wildman–Crippen LogP) is 4.87. The molecule has 1 aromatic rings. The quantitative estimate of drug-likeness (QED) is 0.791. The number of hydrogen-bond acceptors (Lipinski definition) is 3. The third-order valence-corrected chi connectivity index (χ3v) is 5.60. The molecule has 19 heavy (non-hydrogen) atoms. The lowest BCUT2D eigenvalue weighted by molar-refractivity contribution is 0.169. The van der Waals surface area contributed by atoms with Crippen molar-refractivity contribution in [2.24, 2.45) is 17.3 Å². The Morgan fingerprint density at radius 2 is 2.21 bits per heavy atom. The zero-order chi connectivity index (χ0) is 13.9. The van der Waals surface area contributed by atoms with Crippen LogP contribution >= 0.6 is 11.8 Å². The second kappa shape index (κ2) is 6.05. The molecular weight excluding hydrogens is 254 g/mol. The topological polar surface area (TPSA) is 36.9 Å². The highest BCUT2D eigenvalue weighted by molar-refractivity contribution is 7.99. The first-order valence-electron chi connectivity index (χ1n) is 7.04. The maximum Gasteiger partial charge on any atom is 0.113 e. The fourth-order valence-electron chi connectivity index (χ4n) is 2.83. The molecule has 2 nitrogen and oxygen atoms in total. The maximum absolute atomic E-state index is 9.32. The maximum atomic E-state index is 9.32. The lowest BCUT2D eigenvalue weighted by Crippen LogP contribution is -2.33. The molecule has 3 atom stereocenters. The van der Waals surface area contributed by atoms with E-state index in [4.69, 9.17) is 4.42 Å². The molecule has 1 aromatic heterocycles. The van der Waals surface area contributed by atoms with E-state index in [1.807, 2.05) is 23.9 Å². The van der Waals surface area contributed by atoms with Gasteiger partial charge in [-0.1, -0.05) is 20.8 Å². The molecule has 1 aliphatic carbocycles. The zero-order valence-electron chi connectivity index (χ0n) is 12.1. The summed E-state index contributed by atoms with van der Waals surface area (Å²) in [5.74, 6) is 2.83. The average molecular weight is 277 g/mol. The van der Waals surface area contributed by atoms with Crippen LogP contribution in [0.2, 0.25) is 0 Å². The zero-order valence-corrected chi connectivity index (χ0v) is 12.9. The smallest absolute Gasteiger partial charge is 0.113 e. The molecule has 0 aromatic carbocycles. The first-order valence-corrected chi connectivity index (χ1v) is 8.09. The molecule has 1 heterocycles. The van der Waals surface area contributed by atoms with Crippen LogP contribution < -0.4 is 0 Å². The molecule has 0 N–H and O–H groups in total. The van der Waals surface area contributed by atoms with E-state index < -0.39 is 0 Å². The SMILES string of the molecule is CC(C)(C)C1CCC(C#N)C(SCc2ccco2)C1. The average Bonchev–Trinajstić information content (AvgIpc) is 2.88. The summed E-state index contributed by atoms with van der Waals surface area (Å²) in [5.41, 5.74) is 0.351. The Morgan fingerprint density at radius 1 is 1.42 bits per heavy atom. The number of rotatable bonds is 3. The minimum atomic E-state index is 0.207. The standard InChI is InChI=1S/C16H23NOS/c1-16(2,3)13-7-6-12(10-17)15(9-13)19-11-14-5-4-8-18-14/h4-5,8,12-13,15H,6-7,9,11H2,1-3H3. The van der Waals surface area contributed by atoms with Gasteiger partial charge in [-0.3, -0.25) is 0 Å². The first-order chi connectivity index (χ1) is 9.00. The number of nitriles is 1. The summed E-state index contributed by atoms with van der Waals surface area (Å²) < 4.78 is 5.38. The van der Waals surface area contributed by atoms with Gasteiger partial charge in [0.05, 0.1) is 24.0 Å². The van der Waals surface area contributed by atoms with Crippen LogP contribution in [0.1, 0.15) is 45.8 Å². The molecular formula is C16H23NOS. The van der Waals surface area contributed by atoms with Crippen LogP contribution in [0.15, 0.2) is 22.8 Å². The van der Waals surface area contributed by atoms with Gasteiger partial charge in [0.15, 0.2) is 0 Å². The van der Waals surface area contributed by atoms with Crippen LogP contribution in [0.25, 0.3) is 0 Å². The van der Waals surface area contributed by atoms with Gasteiger partial charge in [0, 0.05) is 5.25 Å². The van der Waals surface area contributed by atoms with Crippen molar-refractivity contribution in [1.29, 1.82) is 5.26 Å². The molecule has 0 spiro atoms. The van der Waals surface area contributed by atoms with E-state index in [1.165, 1.54) is 6.42 Å². The van der Waals surface area contributed by atoms with Crippen LogP contribution in [0, 0.1) is 28.6 Å². The Kier molecular flexibility index (Phi) is 4.62. The fraction of sp³-hybridized carbons (Fsp3) is 0.688. The molecule has 1 fully saturated rings. The molecule has 0 aliphatic heterocycles. The Bertz CT molecular complexity index is 427. The first kappa shape index (κ1) is 14.5. The van der Waals surface area contributed by atoms with E-state index in [1.54, 1.807) is 6.26 Å². The summed E-state index contributed by atoms with van der Waals surface area (Å²) in [7, 11) is 0. The Morgan fingerprint density at radius 3 is 2.79 bits per heavy atom. The number of thioether (sulfide) groups is 1. The second-order valence-corrected chi connectivity index (χ2v) is 7.77. The lowest BCUT2D eigenvalue weighted by atomic mass is 9.70. The van der Waals surface area contributed by atoms with Gasteiger partial charge in [-0.05, 0) is 42.7 Å². The predicted molar refractivity (Wildman–Crippen MR) is 79.7 cm³/mol. The molecule has 0 saturated heterocycles. The van der Waals surface area contributed by atoms with E-state index in [0.717, 1.165) is 30.3 Å². The highest BCUT2D eigenvalue weighted by Gasteiger charge is 2.36. The minimum Gasteiger partial charge on any atom is -0.468 e.